The molecule has 1 amide bonds. The molecule has 0 saturated carbocycles. The van der Waals surface area contributed by atoms with Gasteiger partial charge in [-0.3, -0.25) is 4.79 Å². The van der Waals surface area contributed by atoms with E-state index in [0.29, 0.717) is 72.1 Å². The Hall–Kier alpha value is -5.61. The van der Waals surface area contributed by atoms with Crippen molar-refractivity contribution in [1.29, 1.82) is 0 Å². The summed E-state index contributed by atoms with van der Waals surface area (Å²) < 4.78 is 63.9. The van der Waals surface area contributed by atoms with E-state index in [4.69, 9.17) is 42.6 Å². The van der Waals surface area contributed by atoms with Gasteiger partial charge in [0.25, 0.3) is 0 Å². The van der Waals surface area contributed by atoms with E-state index in [1.165, 1.54) is 12.8 Å². The van der Waals surface area contributed by atoms with Crippen molar-refractivity contribution in [3.05, 3.63) is 215 Å². The Balaban J connectivity index is 1.04. The van der Waals surface area contributed by atoms with Crippen molar-refractivity contribution in [3.63, 3.8) is 0 Å². The second-order valence-corrected chi connectivity index (χ2v) is 23.6. The fourth-order valence-electron chi connectivity index (χ4n) is 12.6. The molecule has 3 aliphatic heterocycles. The molecule has 3 saturated heterocycles. The Morgan fingerprint density at radius 2 is 0.882 bits per heavy atom. The van der Waals surface area contributed by atoms with Gasteiger partial charge in [-0.15, -0.1) is 0 Å². The van der Waals surface area contributed by atoms with E-state index < -0.39 is 30.5 Å². The van der Waals surface area contributed by atoms with Crippen molar-refractivity contribution in [3.8, 4) is 0 Å². The largest absolute Gasteiger partial charge is 0.396 e. The van der Waals surface area contributed by atoms with Crippen LogP contribution < -0.4 is 5.32 Å². The third kappa shape index (κ3) is 20.5. The second kappa shape index (κ2) is 35.3. The fourth-order valence-corrected chi connectivity index (χ4v) is 12.6. The number of nitrogens with one attached hydrogen (secondary N) is 1. The van der Waals surface area contributed by atoms with Gasteiger partial charge in [-0.05, 0) is 78.3 Å². The maximum Gasteiger partial charge on any atom is 0.217 e. The fraction of sp³-hybridized carbons (Fsp3) is 0.493. The molecule has 12 heteroatoms. The van der Waals surface area contributed by atoms with Crippen LogP contribution in [0.25, 0.3) is 0 Å². The van der Waals surface area contributed by atoms with Gasteiger partial charge in [0.15, 0.2) is 0 Å². The normalized spacial score (nSPS) is 26.0. The first-order valence-electron chi connectivity index (χ1n) is 31.6. The van der Waals surface area contributed by atoms with Gasteiger partial charge in [-0.1, -0.05) is 227 Å². The topological polar surface area (TPSA) is 132 Å². The lowest BCUT2D eigenvalue weighted by Crippen LogP contribution is -2.61. The van der Waals surface area contributed by atoms with E-state index in [1.54, 1.807) is 6.92 Å². The van der Waals surface area contributed by atoms with E-state index in [0.717, 1.165) is 78.3 Å². The minimum Gasteiger partial charge on any atom is -0.396 e. The van der Waals surface area contributed by atoms with Gasteiger partial charge < -0.3 is 53.1 Å². The lowest BCUT2D eigenvalue weighted by Gasteiger charge is -2.49. The molecule has 13 atom stereocenters. The first-order valence-corrected chi connectivity index (χ1v) is 31.6. The monoisotopic (exact) mass is 1160 g/mol. The zero-order chi connectivity index (χ0) is 58.7. The van der Waals surface area contributed by atoms with Crippen LogP contribution in [0.3, 0.4) is 0 Å². The summed E-state index contributed by atoms with van der Waals surface area (Å²) in [7, 11) is 0. The number of carbonyl (C=O) groups is 1. The van der Waals surface area contributed by atoms with Crippen LogP contribution in [-0.4, -0.2) is 97.9 Å². The quantitative estimate of drug-likeness (QED) is 0.0374. The number of hydrogen-bond acceptors (Lipinski definition) is 11. The highest BCUT2D eigenvalue weighted by Gasteiger charge is 2.51. The number of unbranched alkanes of at least 4 members (excludes halogenated alkanes) is 7. The highest BCUT2D eigenvalue weighted by molar-refractivity contribution is 5.73. The number of carbonyl (C=O) groups excluding carboxylic acids is 1. The van der Waals surface area contributed by atoms with E-state index in [9.17, 15) is 9.90 Å². The zero-order valence-corrected chi connectivity index (χ0v) is 50.2. The molecule has 6 aromatic carbocycles. The van der Waals surface area contributed by atoms with Gasteiger partial charge >= 0.3 is 0 Å². The van der Waals surface area contributed by atoms with Crippen LogP contribution in [0.2, 0.25) is 0 Å². The Kier molecular flexibility index (Phi) is 26.5. The summed E-state index contributed by atoms with van der Waals surface area (Å²) in [5, 5.41) is 12.6. The number of rotatable bonds is 34. The Labute approximate surface area is 506 Å². The molecule has 0 aliphatic carbocycles. The number of benzene rings is 6. The molecule has 85 heavy (non-hydrogen) atoms. The van der Waals surface area contributed by atoms with Gasteiger partial charge in [-0.25, -0.2) is 0 Å². The SMILES string of the molecule is CC(=O)N[C@@H]1[C@@H](OCc2ccccc2)[C@H](C[C@@H]2O[C@H](COCc3ccccc3)[C@H](OCc3ccccc3)C[C@H]2C[C@@H]2O[C@@H](C)[C@@H](OCc3ccccc3)[C@@H](OCc3ccccc3)[C@@H]2OCc2ccccc2)CO[C@H]1CCCCCCCCCCO. The predicted molar refractivity (Wildman–Crippen MR) is 331 cm³/mol. The van der Waals surface area contributed by atoms with Crippen molar-refractivity contribution in [1.82, 2.24) is 5.32 Å². The van der Waals surface area contributed by atoms with Crippen LogP contribution >= 0.6 is 0 Å². The summed E-state index contributed by atoms with van der Waals surface area (Å²) in [4.78, 5) is 13.4. The lowest BCUT2D eigenvalue weighted by atomic mass is 9.77. The van der Waals surface area contributed by atoms with Crippen LogP contribution in [0.5, 0.6) is 0 Å². The summed E-state index contributed by atoms with van der Waals surface area (Å²) in [6, 6.07) is 61.3. The molecule has 0 aromatic heterocycles. The molecular weight excluding hydrogens is 1070 g/mol. The van der Waals surface area contributed by atoms with Crippen molar-refractivity contribution in [2.75, 3.05) is 19.8 Å². The first kappa shape index (κ1) is 63.9. The molecule has 9 rings (SSSR count). The zero-order valence-electron chi connectivity index (χ0n) is 50.2. The molecule has 456 valence electrons. The van der Waals surface area contributed by atoms with E-state index in [-0.39, 0.29) is 60.9 Å². The first-order chi connectivity index (χ1) is 41.9. The molecule has 0 bridgehead atoms. The van der Waals surface area contributed by atoms with E-state index >= 15 is 0 Å². The van der Waals surface area contributed by atoms with Crippen molar-refractivity contribution in [2.45, 2.75) is 198 Å². The second-order valence-electron chi connectivity index (χ2n) is 23.6. The standard InChI is InChI=1S/C73H93NO11/c1-54-70(80-48-58-33-19-11-20-34-58)73(83-51-61-39-25-14-26-40-61)72(82-50-60-37-23-13-24-38-60)67(84-54)44-62-43-66(78-47-57-31-17-10-18-32-57)68(53-77-46-56-29-15-9-16-30-56)85-65(62)45-63-52-79-64(41-27-7-5-3-4-6-8-28-42-75)69(74-55(2)76)71(63)81-49-59-35-21-12-22-36-59/h9-26,29-40,54,62-73,75H,3-8,27-28,41-53H2,1-2H3,(H,74,76)/t54-,62-,63+,64-,65-,66+,67-,68+,69-,70+,71-,72+,73+/m0/s1. The Morgan fingerprint density at radius 3 is 1.38 bits per heavy atom. The molecule has 0 radical (unpaired) electrons. The smallest absolute Gasteiger partial charge is 0.217 e. The summed E-state index contributed by atoms with van der Waals surface area (Å²) in [6.45, 7) is 7.04. The van der Waals surface area contributed by atoms with Gasteiger partial charge in [-0.2, -0.15) is 0 Å². The number of aliphatic hydroxyl groups excluding tert-OH is 1. The Morgan fingerprint density at radius 1 is 0.459 bits per heavy atom. The molecule has 2 N–H and O–H groups in total. The molecule has 12 nitrogen and oxygen atoms in total. The van der Waals surface area contributed by atoms with Crippen LogP contribution in [0.1, 0.15) is 124 Å². The predicted octanol–water partition coefficient (Wildman–Crippen LogP) is 13.5. The molecule has 0 spiro atoms. The maximum atomic E-state index is 13.4. The number of amides is 1. The summed E-state index contributed by atoms with van der Waals surface area (Å²) in [5.74, 6) is -0.389. The molecule has 0 unspecified atom stereocenters. The van der Waals surface area contributed by atoms with Gasteiger partial charge in [0.05, 0.1) is 95.5 Å². The van der Waals surface area contributed by atoms with Crippen molar-refractivity contribution < 1.29 is 52.5 Å². The average Bonchev–Trinajstić information content (AvgIpc) is 2.96. The molecule has 3 aliphatic rings. The summed E-state index contributed by atoms with van der Waals surface area (Å²) in [6.07, 6.45) is 7.22. The van der Waals surface area contributed by atoms with Crippen molar-refractivity contribution >= 4 is 5.91 Å². The van der Waals surface area contributed by atoms with Crippen LogP contribution in [0.4, 0.5) is 0 Å². The van der Waals surface area contributed by atoms with Gasteiger partial charge in [0.1, 0.15) is 24.4 Å². The van der Waals surface area contributed by atoms with Gasteiger partial charge in [0.2, 0.25) is 5.91 Å². The number of hydrogen-bond donors (Lipinski definition) is 2. The molecule has 6 aromatic rings. The van der Waals surface area contributed by atoms with Crippen LogP contribution in [0, 0.1) is 11.8 Å². The Bertz CT molecular complexity index is 2730. The third-order valence-corrected chi connectivity index (χ3v) is 17.1. The lowest BCUT2D eigenvalue weighted by molar-refractivity contribution is -0.269. The molecule has 3 heterocycles. The van der Waals surface area contributed by atoms with Crippen molar-refractivity contribution in [2.24, 2.45) is 11.8 Å². The summed E-state index contributed by atoms with van der Waals surface area (Å²) in [5.41, 5.74) is 6.39. The molecular formula is C73H93NO11. The maximum absolute atomic E-state index is 13.4. The molecule has 3 fully saturated rings. The minimum absolute atomic E-state index is 0.113. The van der Waals surface area contributed by atoms with Crippen LogP contribution in [0.15, 0.2) is 182 Å². The number of ether oxygens (including phenoxy) is 9. The summed E-state index contributed by atoms with van der Waals surface area (Å²) >= 11 is 0. The highest BCUT2D eigenvalue weighted by Crippen LogP contribution is 2.42. The van der Waals surface area contributed by atoms with E-state index in [1.807, 2.05) is 109 Å². The van der Waals surface area contributed by atoms with Crippen LogP contribution in [-0.2, 0) is 87.1 Å². The minimum atomic E-state index is -0.548. The number of aliphatic hydroxyl groups is 1. The third-order valence-electron chi connectivity index (χ3n) is 17.1. The van der Waals surface area contributed by atoms with Gasteiger partial charge in [0, 0.05) is 19.4 Å². The highest BCUT2D eigenvalue weighted by atomic mass is 16.6. The average molecular weight is 1160 g/mol. The van der Waals surface area contributed by atoms with E-state index in [2.05, 4.69) is 85.0 Å².